The Kier molecular flexibility index (Phi) is 1.53. The molecule has 0 fully saturated rings. The second-order valence-corrected chi connectivity index (χ2v) is 3.93. The molecule has 80 valence electrons. The van der Waals surface area contributed by atoms with Crippen molar-refractivity contribution < 1.29 is 0 Å². The predicted octanol–water partition coefficient (Wildman–Crippen LogP) is 2.66. The number of imidazole rings is 1. The number of nitrogens with zero attached hydrogens (tertiary/aromatic N) is 3. The highest BCUT2D eigenvalue weighted by atomic mass is 14.9. The van der Waals surface area contributed by atoms with Crippen molar-refractivity contribution in [3.05, 3.63) is 43.0 Å². The maximum absolute atomic E-state index is 4.42. The summed E-state index contributed by atoms with van der Waals surface area (Å²) in [6, 6.07) is 8.06. The number of rotatable bonds is 0. The summed E-state index contributed by atoms with van der Waals surface area (Å²) in [6.07, 6.45) is 5.27. The van der Waals surface area contributed by atoms with E-state index in [1.165, 1.54) is 0 Å². The van der Waals surface area contributed by atoms with Crippen LogP contribution in [0.25, 0.3) is 32.8 Å². The molecule has 4 heteroatoms. The first kappa shape index (κ1) is 8.64. The summed E-state index contributed by atoms with van der Waals surface area (Å²) < 4.78 is 0. The molecule has 0 amide bonds. The van der Waals surface area contributed by atoms with Crippen molar-refractivity contribution in [1.29, 1.82) is 0 Å². The quantitative estimate of drug-likeness (QED) is 0.463. The first-order chi connectivity index (χ1) is 8.45. The van der Waals surface area contributed by atoms with Crippen molar-refractivity contribution >= 4 is 32.8 Å². The molecule has 1 N–H and O–H groups in total. The molecule has 0 bridgehead atoms. The minimum atomic E-state index is 0.857. The molecule has 3 aromatic heterocycles. The van der Waals surface area contributed by atoms with Gasteiger partial charge in [0.05, 0.1) is 11.0 Å². The van der Waals surface area contributed by atoms with E-state index in [0.717, 1.165) is 32.8 Å². The van der Waals surface area contributed by atoms with Gasteiger partial charge in [0.1, 0.15) is 17.4 Å². The molecule has 17 heavy (non-hydrogen) atoms. The Balaban J connectivity index is 2.48. The van der Waals surface area contributed by atoms with Gasteiger partial charge in [-0.05, 0) is 12.1 Å². The fourth-order valence-corrected chi connectivity index (χ4v) is 2.29. The average molecular weight is 220 g/mol. The number of nitrogens with one attached hydrogen (secondary N) is 1. The molecule has 0 aliphatic heterocycles. The van der Waals surface area contributed by atoms with Crippen molar-refractivity contribution in [2.45, 2.75) is 0 Å². The van der Waals surface area contributed by atoms with Gasteiger partial charge < -0.3 is 4.98 Å². The molecule has 4 aromatic rings. The lowest BCUT2D eigenvalue weighted by Gasteiger charge is -2.04. The molecule has 0 aliphatic rings. The zero-order chi connectivity index (χ0) is 11.2. The van der Waals surface area contributed by atoms with Crippen LogP contribution in [0, 0.1) is 0 Å². The number of hydrogen-bond acceptors (Lipinski definition) is 3. The third-order valence-corrected chi connectivity index (χ3v) is 3.01. The second kappa shape index (κ2) is 3.01. The van der Waals surface area contributed by atoms with E-state index in [4.69, 9.17) is 0 Å². The van der Waals surface area contributed by atoms with Gasteiger partial charge in [-0.1, -0.05) is 12.1 Å². The van der Waals surface area contributed by atoms with Gasteiger partial charge in [0.15, 0.2) is 0 Å². The van der Waals surface area contributed by atoms with Gasteiger partial charge in [0, 0.05) is 23.2 Å². The van der Waals surface area contributed by atoms with Crippen LogP contribution >= 0.6 is 0 Å². The summed E-state index contributed by atoms with van der Waals surface area (Å²) in [4.78, 5) is 16.3. The van der Waals surface area contributed by atoms with Gasteiger partial charge in [0.25, 0.3) is 0 Å². The third kappa shape index (κ3) is 1.04. The van der Waals surface area contributed by atoms with E-state index >= 15 is 0 Å². The topological polar surface area (TPSA) is 54.5 Å². The lowest BCUT2D eigenvalue weighted by molar-refractivity contribution is 1.34. The van der Waals surface area contributed by atoms with Gasteiger partial charge in [-0.25, -0.2) is 9.97 Å². The molecular weight excluding hydrogens is 212 g/mol. The van der Waals surface area contributed by atoms with E-state index in [-0.39, 0.29) is 0 Å². The molecule has 0 saturated carbocycles. The largest absolute Gasteiger partial charge is 0.359 e. The van der Waals surface area contributed by atoms with Crippen LogP contribution in [0.1, 0.15) is 0 Å². The number of aromatic amines is 1. The maximum atomic E-state index is 4.42. The molecule has 0 unspecified atom stereocenters. The van der Waals surface area contributed by atoms with Crippen molar-refractivity contribution in [3.63, 3.8) is 0 Å². The maximum Gasteiger partial charge on any atom is 0.119 e. The van der Waals surface area contributed by atoms with Crippen molar-refractivity contribution in [2.24, 2.45) is 0 Å². The molecular formula is C13H8N4. The number of aromatic nitrogens is 4. The van der Waals surface area contributed by atoms with Gasteiger partial charge in [-0.3, -0.25) is 4.98 Å². The fourth-order valence-electron chi connectivity index (χ4n) is 2.29. The zero-order valence-corrected chi connectivity index (χ0v) is 8.88. The predicted molar refractivity (Wildman–Crippen MR) is 66.7 cm³/mol. The highest BCUT2D eigenvalue weighted by molar-refractivity contribution is 6.20. The first-order valence-electron chi connectivity index (χ1n) is 5.39. The van der Waals surface area contributed by atoms with Crippen molar-refractivity contribution in [2.75, 3.05) is 0 Å². The van der Waals surface area contributed by atoms with Crippen LogP contribution in [0.15, 0.2) is 43.0 Å². The Morgan fingerprint density at radius 2 is 1.71 bits per heavy atom. The summed E-state index contributed by atoms with van der Waals surface area (Å²) in [5.41, 5.74) is 3.66. The van der Waals surface area contributed by atoms with Crippen LogP contribution in [0.4, 0.5) is 0 Å². The number of fused-ring (bicyclic) bond motifs is 6. The minimum absolute atomic E-state index is 0.857. The molecule has 4 rings (SSSR count). The van der Waals surface area contributed by atoms with Crippen LogP contribution in [-0.2, 0) is 0 Å². The van der Waals surface area contributed by atoms with Crippen molar-refractivity contribution in [3.8, 4) is 0 Å². The van der Waals surface area contributed by atoms with Gasteiger partial charge in [-0.15, -0.1) is 0 Å². The van der Waals surface area contributed by atoms with Crippen LogP contribution in [0.3, 0.4) is 0 Å². The van der Waals surface area contributed by atoms with E-state index in [1.54, 1.807) is 12.5 Å². The smallest absolute Gasteiger partial charge is 0.119 e. The SMILES string of the molecule is c1cnc2c(c1)c1ccc[nH]c1c1ncnc21. The monoisotopic (exact) mass is 220 g/mol. The Morgan fingerprint density at radius 3 is 2.71 bits per heavy atom. The van der Waals surface area contributed by atoms with Crippen LogP contribution in [0.2, 0.25) is 0 Å². The number of H-pyrrole nitrogens is 1. The van der Waals surface area contributed by atoms with Crippen LogP contribution in [-0.4, -0.2) is 19.9 Å². The first-order valence-corrected chi connectivity index (χ1v) is 5.39. The average Bonchev–Trinajstić information content (AvgIpc) is 2.89. The van der Waals surface area contributed by atoms with E-state index in [2.05, 4.69) is 32.1 Å². The van der Waals surface area contributed by atoms with Crippen LogP contribution in [0.5, 0.6) is 0 Å². The fraction of sp³-hybridized carbons (Fsp3) is 0. The molecule has 0 saturated heterocycles. The number of benzene rings is 1. The molecule has 0 radical (unpaired) electrons. The van der Waals surface area contributed by atoms with Crippen LogP contribution < -0.4 is 0 Å². The summed E-state index contributed by atoms with van der Waals surface area (Å²) >= 11 is 0. The van der Waals surface area contributed by atoms with Crippen molar-refractivity contribution in [1.82, 2.24) is 19.9 Å². The Bertz CT molecular complexity index is 778. The number of hydrogen-bond donors (Lipinski definition) is 1. The zero-order valence-electron chi connectivity index (χ0n) is 8.88. The highest BCUT2D eigenvalue weighted by Gasteiger charge is 2.11. The summed E-state index contributed by atoms with van der Waals surface area (Å²) in [5, 5.41) is 2.23. The lowest BCUT2D eigenvalue weighted by atomic mass is 10.1. The van der Waals surface area contributed by atoms with E-state index < -0.39 is 0 Å². The van der Waals surface area contributed by atoms with E-state index in [1.807, 2.05) is 18.3 Å². The van der Waals surface area contributed by atoms with Gasteiger partial charge >= 0.3 is 0 Å². The van der Waals surface area contributed by atoms with Gasteiger partial charge in [0.2, 0.25) is 0 Å². The third-order valence-electron chi connectivity index (χ3n) is 3.01. The minimum Gasteiger partial charge on any atom is -0.359 e. The standard InChI is InChI=1S/C13H8N4/c1-3-8-9-4-2-6-15-11(9)13-12(16-7-17-13)10(8)14-5-1/h1-7,14H. The van der Waals surface area contributed by atoms with E-state index in [0.29, 0.717) is 0 Å². The molecule has 3 heterocycles. The Morgan fingerprint density at radius 1 is 0.824 bits per heavy atom. The van der Waals surface area contributed by atoms with Gasteiger partial charge in [-0.2, -0.15) is 0 Å². The molecule has 0 aliphatic carbocycles. The summed E-state index contributed by atoms with van der Waals surface area (Å²) in [5.74, 6) is 0. The summed E-state index contributed by atoms with van der Waals surface area (Å²) in [7, 11) is 0. The Labute approximate surface area is 96.3 Å². The molecule has 1 aromatic carbocycles. The molecule has 0 spiro atoms. The lowest BCUT2D eigenvalue weighted by Crippen LogP contribution is -1.86. The molecule has 0 atom stereocenters. The Hall–Kier alpha value is -2.49. The summed E-state index contributed by atoms with van der Waals surface area (Å²) in [6.45, 7) is 0. The highest BCUT2D eigenvalue weighted by Crippen LogP contribution is 2.29. The molecule has 4 nitrogen and oxygen atoms in total. The number of pyridine rings is 2. The second-order valence-electron chi connectivity index (χ2n) is 3.93. The van der Waals surface area contributed by atoms with E-state index in [9.17, 15) is 0 Å². The normalized spacial score (nSPS) is 11.5.